The van der Waals surface area contributed by atoms with Crippen LogP contribution < -0.4 is 4.90 Å². The molecule has 0 fully saturated rings. The minimum atomic E-state index is 0.907. The van der Waals surface area contributed by atoms with Gasteiger partial charge in [0.25, 0.3) is 0 Å². The molecule has 0 aliphatic rings. The van der Waals surface area contributed by atoms with E-state index < -0.39 is 0 Å². The second kappa shape index (κ2) is 6.71. The molecule has 100 valence electrons. The number of aryl methyl sites for hydroxylation is 1. The van der Waals surface area contributed by atoms with Gasteiger partial charge in [0.15, 0.2) is 0 Å². The van der Waals surface area contributed by atoms with Gasteiger partial charge in [-0.25, -0.2) is 0 Å². The molecule has 1 aromatic heterocycles. The van der Waals surface area contributed by atoms with Gasteiger partial charge in [0.05, 0.1) is 0 Å². The zero-order valence-electron chi connectivity index (χ0n) is 11.4. The Hall–Kier alpha value is -1.35. The Labute approximate surface area is 123 Å². The average molecular weight is 319 g/mol. The normalized spacial score (nSPS) is 10.5. The molecular formula is C16H19BrN2. The van der Waals surface area contributed by atoms with Gasteiger partial charge in [-0.3, -0.25) is 4.98 Å². The average Bonchev–Trinajstić information content (AvgIpc) is 2.46. The third-order valence-electron chi connectivity index (χ3n) is 3.26. The van der Waals surface area contributed by atoms with E-state index in [0.717, 1.165) is 18.4 Å². The summed E-state index contributed by atoms with van der Waals surface area (Å²) in [6.45, 7) is 6.29. The van der Waals surface area contributed by atoms with Crippen LogP contribution in [-0.4, -0.2) is 11.5 Å². The summed E-state index contributed by atoms with van der Waals surface area (Å²) in [5.41, 5.74) is 5.25. The molecule has 1 aromatic carbocycles. The van der Waals surface area contributed by atoms with E-state index in [-0.39, 0.29) is 0 Å². The molecule has 0 unspecified atom stereocenters. The summed E-state index contributed by atoms with van der Waals surface area (Å²) in [7, 11) is 0. The monoisotopic (exact) mass is 318 g/mol. The summed E-state index contributed by atoms with van der Waals surface area (Å²) >= 11 is 3.50. The van der Waals surface area contributed by atoms with Crippen molar-refractivity contribution in [2.75, 3.05) is 11.4 Å². The lowest BCUT2D eigenvalue weighted by atomic mass is 10.1. The van der Waals surface area contributed by atoms with Crippen LogP contribution in [0.2, 0.25) is 0 Å². The van der Waals surface area contributed by atoms with Crippen LogP contribution in [0.25, 0.3) is 0 Å². The minimum absolute atomic E-state index is 0.907. The molecule has 0 atom stereocenters. The Balaban J connectivity index is 2.22. The molecule has 0 spiro atoms. The van der Waals surface area contributed by atoms with Crippen molar-refractivity contribution in [2.24, 2.45) is 0 Å². The number of halogens is 1. The fourth-order valence-electron chi connectivity index (χ4n) is 2.23. The number of anilines is 1. The van der Waals surface area contributed by atoms with Crippen LogP contribution in [0.5, 0.6) is 0 Å². The number of hydrogen-bond donors (Lipinski definition) is 0. The molecule has 0 aliphatic carbocycles. The quantitative estimate of drug-likeness (QED) is 0.763. The summed E-state index contributed by atoms with van der Waals surface area (Å²) in [5.74, 6) is 0. The van der Waals surface area contributed by atoms with Crippen molar-refractivity contribution in [3.63, 3.8) is 0 Å². The minimum Gasteiger partial charge on any atom is -0.367 e. The second-order valence-electron chi connectivity index (χ2n) is 4.62. The van der Waals surface area contributed by atoms with Crippen LogP contribution in [0.3, 0.4) is 0 Å². The van der Waals surface area contributed by atoms with Crippen molar-refractivity contribution in [3.8, 4) is 0 Å². The molecular weight excluding hydrogens is 300 g/mol. The molecule has 0 saturated carbocycles. The van der Waals surface area contributed by atoms with Crippen LogP contribution >= 0.6 is 15.9 Å². The Bertz CT molecular complexity index is 526. The van der Waals surface area contributed by atoms with Gasteiger partial charge >= 0.3 is 0 Å². The number of alkyl halides is 1. The smallest absolute Gasteiger partial charge is 0.0430 e. The Morgan fingerprint density at radius 3 is 2.42 bits per heavy atom. The van der Waals surface area contributed by atoms with E-state index in [2.05, 4.69) is 70.0 Å². The van der Waals surface area contributed by atoms with Gasteiger partial charge < -0.3 is 4.90 Å². The van der Waals surface area contributed by atoms with E-state index in [1.165, 1.54) is 22.4 Å². The lowest BCUT2D eigenvalue weighted by Gasteiger charge is -2.25. The Morgan fingerprint density at radius 2 is 1.84 bits per heavy atom. The molecule has 0 N–H and O–H groups in total. The van der Waals surface area contributed by atoms with Gasteiger partial charge in [0.2, 0.25) is 0 Å². The van der Waals surface area contributed by atoms with E-state index in [1.54, 1.807) is 0 Å². The second-order valence-corrected chi connectivity index (χ2v) is 5.18. The van der Waals surface area contributed by atoms with Crippen LogP contribution in [0.4, 0.5) is 5.69 Å². The fraction of sp³-hybridized carbons (Fsp3) is 0.312. The molecule has 0 bridgehead atoms. The van der Waals surface area contributed by atoms with Crippen molar-refractivity contribution < 1.29 is 0 Å². The van der Waals surface area contributed by atoms with Gasteiger partial charge in [0.1, 0.15) is 0 Å². The number of aromatic nitrogens is 1. The van der Waals surface area contributed by atoms with Gasteiger partial charge in [-0.2, -0.15) is 0 Å². The summed E-state index contributed by atoms with van der Waals surface area (Å²) in [5, 5.41) is 0.907. The molecule has 2 aromatic rings. The third-order valence-corrected chi connectivity index (χ3v) is 3.91. The predicted molar refractivity (Wildman–Crippen MR) is 84.8 cm³/mol. The molecule has 0 aliphatic heterocycles. The first-order valence-electron chi connectivity index (χ1n) is 6.54. The molecule has 2 nitrogen and oxygen atoms in total. The van der Waals surface area contributed by atoms with Gasteiger partial charge in [0, 0.05) is 36.5 Å². The van der Waals surface area contributed by atoms with E-state index in [9.17, 15) is 0 Å². The summed E-state index contributed by atoms with van der Waals surface area (Å²) < 4.78 is 0. The van der Waals surface area contributed by atoms with Crippen molar-refractivity contribution in [3.05, 3.63) is 59.4 Å². The number of pyridine rings is 1. The maximum Gasteiger partial charge on any atom is 0.0430 e. The first-order valence-corrected chi connectivity index (χ1v) is 7.66. The number of benzene rings is 1. The highest BCUT2D eigenvalue weighted by Gasteiger charge is 2.08. The maximum absolute atomic E-state index is 4.07. The molecule has 0 saturated heterocycles. The van der Waals surface area contributed by atoms with Crippen molar-refractivity contribution in [2.45, 2.75) is 25.7 Å². The van der Waals surface area contributed by atoms with E-state index >= 15 is 0 Å². The first-order chi connectivity index (χ1) is 9.24. The molecule has 0 amide bonds. The van der Waals surface area contributed by atoms with Crippen LogP contribution in [0.1, 0.15) is 23.6 Å². The fourth-order valence-corrected chi connectivity index (χ4v) is 2.58. The lowest BCUT2D eigenvalue weighted by molar-refractivity contribution is 0.826. The van der Waals surface area contributed by atoms with E-state index in [1.807, 2.05) is 12.4 Å². The molecule has 1 heterocycles. The standard InChI is InChI=1S/C16H19BrN2/c1-3-19(12-14-6-8-18-9-7-14)16-5-4-15(11-17)10-13(16)2/h4-10H,3,11-12H2,1-2H3. The summed E-state index contributed by atoms with van der Waals surface area (Å²) in [6, 6.07) is 10.8. The predicted octanol–water partition coefficient (Wildman–Crippen LogP) is 4.31. The van der Waals surface area contributed by atoms with Crippen LogP contribution in [-0.2, 0) is 11.9 Å². The number of nitrogens with zero attached hydrogens (tertiary/aromatic N) is 2. The largest absolute Gasteiger partial charge is 0.367 e. The summed E-state index contributed by atoms with van der Waals surface area (Å²) in [4.78, 5) is 6.46. The molecule has 0 radical (unpaired) electrons. The highest BCUT2D eigenvalue weighted by Crippen LogP contribution is 2.23. The molecule has 19 heavy (non-hydrogen) atoms. The maximum atomic E-state index is 4.07. The topological polar surface area (TPSA) is 16.1 Å². The lowest BCUT2D eigenvalue weighted by Crippen LogP contribution is -2.22. The van der Waals surface area contributed by atoms with Crippen molar-refractivity contribution in [1.29, 1.82) is 0 Å². The van der Waals surface area contributed by atoms with Crippen LogP contribution in [0, 0.1) is 6.92 Å². The van der Waals surface area contributed by atoms with Gasteiger partial charge in [-0.1, -0.05) is 28.1 Å². The zero-order valence-corrected chi connectivity index (χ0v) is 13.0. The Kier molecular flexibility index (Phi) is 4.97. The highest BCUT2D eigenvalue weighted by atomic mass is 79.9. The molecule has 2 rings (SSSR count). The zero-order chi connectivity index (χ0) is 13.7. The van der Waals surface area contributed by atoms with Gasteiger partial charge in [-0.05, 0) is 48.7 Å². The van der Waals surface area contributed by atoms with Gasteiger partial charge in [-0.15, -0.1) is 0 Å². The van der Waals surface area contributed by atoms with E-state index in [4.69, 9.17) is 0 Å². The Morgan fingerprint density at radius 1 is 1.11 bits per heavy atom. The SMILES string of the molecule is CCN(Cc1ccncc1)c1ccc(CBr)cc1C. The van der Waals surface area contributed by atoms with Crippen LogP contribution in [0.15, 0.2) is 42.7 Å². The highest BCUT2D eigenvalue weighted by molar-refractivity contribution is 9.08. The first kappa shape index (κ1) is 14.1. The number of rotatable bonds is 5. The summed E-state index contributed by atoms with van der Waals surface area (Å²) in [6.07, 6.45) is 3.70. The molecule has 3 heteroatoms. The number of hydrogen-bond acceptors (Lipinski definition) is 2. The van der Waals surface area contributed by atoms with E-state index in [0.29, 0.717) is 0 Å². The van der Waals surface area contributed by atoms with Crippen molar-refractivity contribution in [1.82, 2.24) is 4.98 Å². The van der Waals surface area contributed by atoms with Crippen molar-refractivity contribution >= 4 is 21.6 Å². The third kappa shape index (κ3) is 3.57.